The number of aromatic nitrogens is 2. The summed E-state index contributed by atoms with van der Waals surface area (Å²) in [5.74, 6) is 1.37. The van der Waals surface area contributed by atoms with Crippen LogP contribution in [-0.4, -0.2) is 54.9 Å². The van der Waals surface area contributed by atoms with E-state index in [1.807, 2.05) is 13.1 Å². The van der Waals surface area contributed by atoms with Gasteiger partial charge in [-0.05, 0) is 25.7 Å². The van der Waals surface area contributed by atoms with E-state index >= 15 is 0 Å². The molecule has 1 atom stereocenters. The molecule has 0 amide bonds. The van der Waals surface area contributed by atoms with Gasteiger partial charge in [0.25, 0.3) is 0 Å². The largest absolute Gasteiger partial charge is 0.381 e. The van der Waals surface area contributed by atoms with Crippen LogP contribution >= 0.6 is 0 Å². The second kappa shape index (κ2) is 6.88. The molecule has 2 aliphatic heterocycles. The number of hydrogen-bond donors (Lipinski definition) is 0. The Kier molecular flexibility index (Phi) is 5.05. The highest BCUT2D eigenvalue weighted by Crippen LogP contribution is 2.27. The van der Waals surface area contributed by atoms with Gasteiger partial charge in [0, 0.05) is 26.3 Å². The average molecular weight is 343 g/mol. The summed E-state index contributed by atoms with van der Waals surface area (Å²) in [6.45, 7) is 5.92. The number of hydrogen-bond acceptors (Lipinski definition) is 5. The molecule has 1 saturated heterocycles. The average Bonchev–Trinajstić information content (AvgIpc) is 2.92. The van der Waals surface area contributed by atoms with E-state index in [0.29, 0.717) is 25.6 Å². The molecule has 0 bridgehead atoms. The summed E-state index contributed by atoms with van der Waals surface area (Å²) in [5.41, 5.74) is 1.02. The maximum atomic E-state index is 11.8. The minimum absolute atomic E-state index is 0.233. The fraction of sp³-hybridized carbons (Fsp3) is 0.800. The van der Waals surface area contributed by atoms with Gasteiger partial charge in [0.15, 0.2) is 0 Å². The van der Waals surface area contributed by atoms with Crippen LogP contribution in [0, 0.1) is 5.92 Å². The minimum Gasteiger partial charge on any atom is -0.381 e. The molecule has 0 radical (unpaired) electrons. The quantitative estimate of drug-likeness (QED) is 0.802. The Morgan fingerprint density at radius 2 is 2.09 bits per heavy atom. The smallest absolute Gasteiger partial charge is 0.211 e. The first kappa shape index (κ1) is 16.9. The summed E-state index contributed by atoms with van der Waals surface area (Å²) >= 11 is 0. The van der Waals surface area contributed by atoms with Crippen LogP contribution in [-0.2, 0) is 32.6 Å². The van der Waals surface area contributed by atoms with Crippen molar-refractivity contribution in [3.63, 3.8) is 0 Å². The van der Waals surface area contributed by atoms with Crippen LogP contribution < -0.4 is 0 Å². The van der Waals surface area contributed by atoms with Crippen LogP contribution in [0.25, 0.3) is 0 Å². The SMILES string of the molecule is C[C@H]1c2ncc(COCC3CCOCC3)n2CCN1S(C)(=O)=O. The number of sulfonamides is 1. The number of rotatable bonds is 5. The molecule has 8 heteroatoms. The van der Waals surface area contributed by atoms with Crippen LogP contribution in [0.2, 0.25) is 0 Å². The Hall–Kier alpha value is -0.960. The van der Waals surface area contributed by atoms with E-state index in [1.54, 1.807) is 0 Å². The van der Waals surface area contributed by atoms with E-state index in [-0.39, 0.29) is 6.04 Å². The molecule has 130 valence electrons. The van der Waals surface area contributed by atoms with Crippen molar-refractivity contribution in [3.05, 3.63) is 17.7 Å². The van der Waals surface area contributed by atoms with Gasteiger partial charge in [0.1, 0.15) is 5.82 Å². The van der Waals surface area contributed by atoms with Gasteiger partial charge < -0.3 is 14.0 Å². The highest BCUT2D eigenvalue weighted by molar-refractivity contribution is 7.88. The lowest BCUT2D eigenvalue weighted by Crippen LogP contribution is -2.40. The highest BCUT2D eigenvalue weighted by Gasteiger charge is 2.32. The molecule has 0 aromatic carbocycles. The lowest BCUT2D eigenvalue weighted by molar-refractivity contribution is 0.0141. The number of ether oxygens (including phenoxy) is 2. The molecule has 0 unspecified atom stereocenters. The van der Waals surface area contributed by atoms with Crippen molar-refractivity contribution in [1.82, 2.24) is 13.9 Å². The molecule has 0 aliphatic carbocycles. The second-order valence-electron chi connectivity index (χ2n) is 6.38. The molecular formula is C15H25N3O4S. The molecule has 1 aromatic heterocycles. The third-order valence-corrected chi connectivity index (χ3v) is 6.04. The Morgan fingerprint density at radius 3 is 2.78 bits per heavy atom. The summed E-state index contributed by atoms with van der Waals surface area (Å²) < 4.78 is 38.4. The molecule has 1 aromatic rings. The third kappa shape index (κ3) is 3.76. The normalized spacial score (nSPS) is 23.8. The van der Waals surface area contributed by atoms with Crippen molar-refractivity contribution >= 4 is 10.0 Å². The van der Waals surface area contributed by atoms with E-state index in [9.17, 15) is 8.42 Å². The second-order valence-corrected chi connectivity index (χ2v) is 8.31. The van der Waals surface area contributed by atoms with Crippen molar-refractivity contribution in [2.45, 2.75) is 39.0 Å². The van der Waals surface area contributed by atoms with E-state index < -0.39 is 10.0 Å². The Bertz CT molecular complexity index is 637. The zero-order chi connectivity index (χ0) is 16.4. The van der Waals surface area contributed by atoms with E-state index in [2.05, 4.69) is 9.55 Å². The molecule has 2 aliphatic rings. The molecule has 0 spiro atoms. The van der Waals surface area contributed by atoms with Crippen LogP contribution in [0.1, 0.15) is 37.3 Å². The van der Waals surface area contributed by atoms with Crippen LogP contribution in [0.3, 0.4) is 0 Å². The van der Waals surface area contributed by atoms with Crippen molar-refractivity contribution in [2.24, 2.45) is 5.92 Å². The van der Waals surface area contributed by atoms with Crippen LogP contribution in [0.4, 0.5) is 0 Å². The number of fused-ring (bicyclic) bond motifs is 1. The maximum Gasteiger partial charge on any atom is 0.211 e. The molecule has 0 saturated carbocycles. The Morgan fingerprint density at radius 1 is 1.35 bits per heavy atom. The first-order chi connectivity index (χ1) is 11.0. The predicted octanol–water partition coefficient (Wildman–Crippen LogP) is 1.16. The lowest BCUT2D eigenvalue weighted by Gasteiger charge is -2.32. The summed E-state index contributed by atoms with van der Waals surface area (Å²) in [6.07, 6.45) is 5.18. The number of imidazole rings is 1. The molecule has 3 rings (SSSR count). The van der Waals surface area contributed by atoms with E-state index in [4.69, 9.17) is 9.47 Å². The van der Waals surface area contributed by atoms with E-state index in [0.717, 1.165) is 44.2 Å². The Balaban J connectivity index is 1.61. The summed E-state index contributed by atoms with van der Waals surface area (Å²) in [4.78, 5) is 4.42. The molecule has 0 N–H and O–H groups in total. The van der Waals surface area contributed by atoms with Crippen molar-refractivity contribution in [2.75, 3.05) is 32.6 Å². The molecule has 23 heavy (non-hydrogen) atoms. The topological polar surface area (TPSA) is 73.7 Å². The minimum atomic E-state index is -3.20. The van der Waals surface area contributed by atoms with Gasteiger partial charge in [0.2, 0.25) is 10.0 Å². The first-order valence-corrected chi connectivity index (χ1v) is 9.98. The molecular weight excluding hydrogens is 318 g/mol. The summed E-state index contributed by atoms with van der Waals surface area (Å²) in [6, 6.07) is -0.233. The Labute approximate surface area is 137 Å². The molecule has 3 heterocycles. The van der Waals surface area contributed by atoms with Gasteiger partial charge in [-0.2, -0.15) is 4.31 Å². The van der Waals surface area contributed by atoms with E-state index in [1.165, 1.54) is 10.6 Å². The van der Waals surface area contributed by atoms with Gasteiger partial charge in [0.05, 0.1) is 37.4 Å². The van der Waals surface area contributed by atoms with Crippen LogP contribution in [0.5, 0.6) is 0 Å². The van der Waals surface area contributed by atoms with Gasteiger partial charge in [-0.15, -0.1) is 0 Å². The van der Waals surface area contributed by atoms with Crippen molar-refractivity contribution < 1.29 is 17.9 Å². The van der Waals surface area contributed by atoms with Crippen molar-refractivity contribution in [1.29, 1.82) is 0 Å². The monoisotopic (exact) mass is 343 g/mol. The first-order valence-electron chi connectivity index (χ1n) is 8.13. The molecule has 7 nitrogen and oxygen atoms in total. The third-order valence-electron chi connectivity index (χ3n) is 4.69. The standard InChI is InChI=1S/C15H25N3O4S/c1-12-15-16-9-14(11-22-10-13-3-7-21-8-4-13)17(15)5-6-18(12)23(2,19)20/h9,12-13H,3-8,10-11H2,1-2H3/t12-/m0/s1. The fourth-order valence-electron chi connectivity index (χ4n) is 3.35. The van der Waals surface area contributed by atoms with Gasteiger partial charge in [-0.1, -0.05) is 0 Å². The molecule has 1 fully saturated rings. The zero-order valence-corrected chi connectivity index (χ0v) is 14.6. The number of nitrogens with zero attached hydrogens (tertiary/aromatic N) is 3. The predicted molar refractivity (Wildman–Crippen MR) is 85.4 cm³/mol. The zero-order valence-electron chi connectivity index (χ0n) is 13.8. The highest BCUT2D eigenvalue weighted by atomic mass is 32.2. The van der Waals surface area contributed by atoms with Crippen LogP contribution in [0.15, 0.2) is 6.20 Å². The fourth-order valence-corrected chi connectivity index (χ4v) is 4.43. The maximum absolute atomic E-state index is 11.8. The van der Waals surface area contributed by atoms with Gasteiger partial charge >= 0.3 is 0 Å². The summed E-state index contributed by atoms with van der Waals surface area (Å²) in [7, 11) is -3.20. The van der Waals surface area contributed by atoms with Crippen molar-refractivity contribution in [3.8, 4) is 0 Å². The lowest BCUT2D eigenvalue weighted by atomic mass is 10.0. The summed E-state index contributed by atoms with van der Waals surface area (Å²) in [5, 5.41) is 0. The van der Waals surface area contributed by atoms with Gasteiger partial charge in [-0.25, -0.2) is 13.4 Å². The van der Waals surface area contributed by atoms with Gasteiger partial charge in [-0.3, -0.25) is 0 Å².